The lowest BCUT2D eigenvalue weighted by Gasteiger charge is -2.22. The van der Waals surface area contributed by atoms with Crippen molar-refractivity contribution < 1.29 is 0 Å². The fourth-order valence-electron chi connectivity index (χ4n) is 4.39. The van der Waals surface area contributed by atoms with E-state index in [1.165, 1.54) is 44.2 Å². The van der Waals surface area contributed by atoms with Gasteiger partial charge in [-0.2, -0.15) is 0 Å². The van der Waals surface area contributed by atoms with Crippen molar-refractivity contribution in [3.05, 3.63) is 24.0 Å². The summed E-state index contributed by atoms with van der Waals surface area (Å²) in [6, 6.07) is 2.84. The van der Waals surface area contributed by atoms with E-state index in [1.807, 2.05) is 0 Å². The van der Waals surface area contributed by atoms with Crippen LogP contribution in [0.25, 0.3) is 0 Å². The summed E-state index contributed by atoms with van der Waals surface area (Å²) < 4.78 is 2.45. The van der Waals surface area contributed by atoms with Crippen molar-refractivity contribution in [1.82, 2.24) is 9.88 Å². The zero-order chi connectivity index (χ0) is 13.2. The molecule has 4 atom stereocenters. The number of hydrogen-bond acceptors (Lipinski definition) is 1. The summed E-state index contributed by atoms with van der Waals surface area (Å²) in [5, 5.41) is 3.57. The molecule has 0 aliphatic heterocycles. The summed E-state index contributed by atoms with van der Waals surface area (Å²) in [6.07, 6.45) is 11.9. The van der Waals surface area contributed by atoms with Crippen LogP contribution in [0.4, 0.5) is 0 Å². The first-order chi connectivity index (χ1) is 9.30. The third-order valence-corrected chi connectivity index (χ3v) is 5.36. The van der Waals surface area contributed by atoms with Gasteiger partial charge in [-0.25, -0.2) is 0 Å². The molecular formula is C17H28N2. The molecular weight excluding hydrogens is 232 g/mol. The molecule has 19 heavy (non-hydrogen) atoms. The van der Waals surface area contributed by atoms with Gasteiger partial charge >= 0.3 is 0 Å². The van der Waals surface area contributed by atoms with E-state index >= 15 is 0 Å². The van der Waals surface area contributed by atoms with Gasteiger partial charge in [0.25, 0.3) is 0 Å². The molecule has 2 fully saturated rings. The van der Waals surface area contributed by atoms with Gasteiger partial charge in [-0.05, 0) is 61.6 Å². The zero-order valence-electron chi connectivity index (χ0n) is 12.4. The second-order valence-electron chi connectivity index (χ2n) is 6.60. The van der Waals surface area contributed by atoms with Crippen LogP contribution in [0.15, 0.2) is 18.5 Å². The van der Waals surface area contributed by atoms with Crippen molar-refractivity contribution in [3.63, 3.8) is 0 Å². The lowest BCUT2D eigenvalue weighted by molar-refractivity contribution is 0.296. The molecule has 1 N–H and O–H groups in total. The Hall–Kier alpha value is -0.760. The number of nitrogens with one attached hydrogen (secondary N) is 1. The van der Waals surface area contributed by atoms with Gasteiger partial charge in [-0.15, -0.1) is 0 Å². The van der Waals surface area contributed by atoms with Crippen LogP contribution in [0.5, 0.6) is 0 Å². The zero-order valence-corrected chi connectivity index (χ0v) is 12.4. The van der Waals surface area contributed by atoms with Crippen molar-refractivity contribution in [1.29, 1.82) is 0 Å². The van der Waals surface area contributed by atoms with Crippen LogP contribution >= 0.6 is 0 Å². The minimum atomic E-state index is 0.534. The molecule has 2 bridgehead atoms. The fourth-order valence-corrected chi connectivity index (χ4v) is 4.39. The predicted octanol–water partition coefficient (Wildman–Crippen LogP) is 3.98. The topological polar surface area (TPSA) is 17.0 Å². The molecule has 2 nitrogen and oxygen atoms in total. The highest BCUT2D eigenvalue weighted by atomic mass is 15.0. The SMILES string of the molecule is CCNC(CC)c1ccn(CC2CC3CCC2C3)c1. The molecule has 0 amide bonds. The maximum atomic E-state index is 3.57. The Morgan fingerprint density at radius 2 is 2.21 bits per heavy atom. The predicted molar refractivity (Wildman–Crippen MR) is 80.1 cm³/mol. The highest BCUT2D eigenvalue weighted by Gasteiger charge is 2.39. The van der Waals surface area contributed by atoms with Crippen molar-refractivity contribution in [2.75, 3.05) is 6.54 Å². The normalized spacial score (nSPS) is 30.9. The van der Waals surface area contributed by atoms with Crippen LogP contribution in [0.1, 0.15) is 57.6 Å². The van der Waals surface area contributed by atoms with Gasteiger partial charge in [0.05, 0.1) is 0 Å². The highest BCUT2D eigenvalue weighted by molar-refractivity contribution is 5.15. The number of fused-ring (bicyclic) bond motifs is 2. The smallest absolute Gasteiger partial charge is 0.0332 e. The average molecular weight is 260 g/mol. The number of nitrogens with zero attached hydrogens (tertiary/aromatic N) is 1. The molecule has 0 saturated heterocycles. The first-order valence-electron chi connectivity index (χ1n) is 8.19. The van der Waals surface area contributed by atoms with E-state index in [9.17, 15) is 0 Å². The Balaban J connectivity index is 1.61. The van der Waals surface area contributed by atoms with E-state index in [0.29, 0.717) is 6.04 Å². The van der Waals surface area contributed by atoms with Gasteiger partial charge in [0.15, 0.2) is 0 Å². The molecule has 4 unspecified atom stereocenters. The second kappa shape index (κ2) is 5.70. The van der Waals surface area contributed by atoms with Gasteiger partial charge in [-0.1, -0.05) is 20.3 Å². The summed E-state index contributed by atoms with van der Waals surface area (Å²) >= 11 is 0. The molecule has 2 aliphatic rings. The molecule has 3 rings (SSSR count). The van der Waals surface area contributed by atoms with Crippen LogP contribution in [-0.2, 0) is 6.54 Å². The average Bonchev–Trinajstić information content (AvgIpc) is 3.12. The third-order valence-electron chi connectivity index (χ3n) is 5.36. The van der Waals surface area contributed by atoms with Crippen molar-refractivity contribution in [3.8, 4) is 0 Å². The molecule has 0 radical (unpaired) electrons. The van der Waals surface area contributed by atoms with E-state index in [2.05, 4.69) is 42.2 Å². The number of hydrogen-bond donors (Lipinski definition) is 1. The van der Waals surface area contributed by atoms with Gasteiger partial charge in [0, 0.05) is 25.0 Å². The lowest BCUT2D eigenvalue weighted by atomic mass is 9.89. The molecule has 2 aliphatic carbocycles. The van der Waals surface area contributed by atoms with E-state index in [-0.39, 0.29) is 0 Å². The van der Waals surface area contributed by atoms with Crippen molar-refractivity contribution in [2.45, 2.75) is 58.5 Å². The number of aromatic nitrogens is 1. The molecule has 2 heteroatoms. The highest BCUT2D eigenvalue weighted by Crippen LogP contribution is 2.48. The summed E-state index contributed by atoms with van der Waals surface area (Å²) in [7, 11) is 0. The van der Waals surface area contributed by atoms with Crippen LogP contribution in [0.2, 0.25) is 0 Å². The van der Waals surface area contributed by atoms with E-state index in [4.69, 9.17) is 0 Å². The summed E-state index contributed by atoms with van der Waals surface area (Å²) in [5.74, 6) is 3.06. The quantitative estimate of drug-likeness (QED) is 0.818. The maximum Gasteiger partial charge on any atom is 0.0332 e. The number of rotatable bonds is 6. The van der Waals surface area contributed by atoms with E-state index in [1.54, 1.807) is 0 Å². The molecule has 0 spiro atoms. The third kappa shape index (κ3) is 2.74. The van der Waals surface area contributed by atoms with Crippen LogP contribution in [0.3, 0.4) is 0 Å². The van der Waals surface area contributed by atoms with E-state index in [0.717, 1.165) is 24.3 Å². The Labute approximate surface area is 117 Å². The van der Waals surface area contributed by atoms with Gasteiger partial charge < -0.3 is 9.88 Å². The standard InChI is InChI=1S/C17H28N2/c1-3-17(18-4-2)15-7-8-19(11-15)12-16-10-13-5-6-14(16)9-13/h7-8,11,13-14,16-18H,3-6,9-10,12H2,1-2H3. The molecule has 1 aromatic heterocycles. The second-order valence-corrected chi connectivity index (χ2v) is 6.60. The first-order valence-corrected chi connectivity index (χ1v) is 8.19. The molecule has 106 valence electrons. The minimum absolute atomic E-state index is 0.534. The summed E-state index contributed by atoms with van der Waals surface area (Å²) in [6.45, 7) is 6.76. The van der Waals surface area contributed by atoms with Crippen molar-refractivity contribution >= 4 is 0 Å². The maximum absolute atomic E-state index is 3.57. The van der Waals surface area contributed by atoms with E-state index < -0.39 is 0 Å². The molecule has 1 aromatic rings. The lowest BCUT2D eigenvalue weighted by Crippen LogP contribution is -2.20. The Morgan fingerprint density at radius 3 is 2.84 bits per heavy atom. The van der Waals surface area contributed by atoms with Crippen molar-refractivity contribution in [2.24, 2.45) is 17.8 Å². The Kier molecular flexibility index (Phi) is 3.97. The minimum Gasteiger partial charge on any atom is -0.354 e. The monoisotopic (exact) mass is 260 g/mol. The van der Waals surface area contributed by atoms with Crippen LogP contribution in [-0.4, -0.2) is 11.1 Å². The van der Waals surface area contributed by atoms with Gasteiger partial charge in [0.2, 0.25) is 0 Å². The molecule has 1 heterocycles. The van der Waals surface area contributed by atoms with Crippen LogP contribution in [0, 0.1) is 17.8 Å². The molecule has 2 saturated carbocycles. The fraction of sp³-hybridized carbons (Fsp3) is 0.765. The van der Waals surface area contributed by atoms with Gasteiger partial charge in [0.1, 0.15) is 0 Å². The Bertz CT molecular complexity index is 409. The first kappa shape index (κ1) is 13.2. The summed E-state index contributed by atoms with van der Waals surface area (Å²) in [5.41, 5.74) is 1.47. The largest absolute Gasteiger partial charge is 0.354 e. The van der Waals surface area contributed by atoms with Crippen LogP contribution < -0.4 is 5.32 Å². The van der Waals surface area contributed by atoms with Gasteiger partial charge in [-0.3, -0.25) is 0 Å². The Morgan fingerprint density at radius 1 is 1.32 bits per heavy atom. The summed E-state index contributed by atoms with van der Waals surface area (Å²) in [4.78, 5) is 0. The molecule has 0 aromatic carbocycles.